The number of anilines is 1. The fourth-order valence-electron chi connectivity index (χ4n) is 2.23. The Bertz CT molecular complexity index is 820. The van der Waals surface area contributed by atoms with E-state index in [-0.39, 0.29) is 11.6 Å². The number of carbonyl (C=O) groups excluding carboxylic acids is 1. The molecule has 0 saturated carbocycles. The molecule has 3 aromatic rings. The first-order chi connectivity index (χ1) is 10.6. The number of aryl methyl sites for hydroxylation is 1. The van der Waals surface area contributed by atoms with E-state index in [9.17, 15) is 4.79 Å². The summed E-state index contributed by atoms with van der Waals surface area (Å²) in [6.07, 6.45) is 1.58. The number of benzene rings is 2. The van der Waals surface area contributed by atoms with E-state index in [1.165, 1.54) is 0 Å². The summed E-state index contributed by atoms with van der Waals surface area (Å²) >= 11 is 3.36. The van der Waals surface area contributed by atoms with Crippen molar-refractivity contribution in [1.29, 1.82) is 0 Å². The van der Waals surface area contributed by atoms with E-state index in [0.717, 1.165) is 15.7 Å². The van der Waals surface area contributed by atoms with Gasteiger partial charge in [-0.3, -0.25) is 9.36 Å². The Morgan fingerprint density at radius 1 is 1.09 bits per heavy atom. The summed E-state index contributed by atoms with van der Waals surface area (Å²) < 4.78 is 2.64. The van der Waals surface area contributed by atoms with Crippen LogP contribution in [0.3, 0.4) is 0 Å². The van der Waals surface area contributed by atoms with Crippen molar-refractivity contribution >= 4 is 27.5 Å². The average molecular weight is 356 g/mol. The van der Waals surface area contributed by atoms with Gasteiger partial charge in [0.05, 0.1) is 0 Å². The van der Waals surface area contributed by atoms with Crippen molar-refractivity contribution in [3.05, 3.63) is 76.2 Å². The molecule has 0 spiro atoms. The minimum absolute atomic E-state index is 0.150. The fourth-order valence-corrected chi connectivity index (χ4v) is 2.49. The Kier molecular flexibility index (Phi) is 3.81. The number of nitrogen functional groups attached to an aromatic ring is 1. The molecule has 0 amide bonds. The first-order valence-corrected chi connectivity index (χ1v) is 7.55. The van der Waals surface area contributed by atoms with Gasteiger partial charge in [0, 0.05) is 15.7 Å². The smallest absolute Gasteiger partial charge is 0.213 e. The lowest BCUT2D eigenvalue weighted by Crippen LogP contribution is -2.10. The van der Waals surface area contributed by atoms with Crippen LogP contribution in [0, 0.1) is 6.92 Å². The van der Waals surface area contributed by atoms with E-state index in [1.54, 1.807) is 23.0 Å². The van der Waals surface area contributed by atoms with Crippen LogP contribution in [-0.2, 0) is 0 Å². The topological polar surface area (TPSA) is 60.9 Å². The lowest BCUT2D eigenvalue weighted by molar-refractivity contribution is 0.103. The molecule has 0 unspecified atom stereocenters. The Morgan fingerprint density at radius 2 is 1.73 bits per heavy atom. The summed E-state index contributed by atoms with van der Waals surface area (Å²) in [5, 5.41) is 0. The van der Waals surface area contributed by atoms with Crippen molar-refractivity contribution < 1.29 is 4.79 Å². The summed E-state index contributed by atoms with van der Waals surface area (Å²) in [4.78, 5) is 16.8. The van der Waals surface area contributed by atoms with Gasteiger partial charge in [-0.05, 0) is 43.3 Å². The third-order valence-electron chi connectivity index (χ3n) is 3.43. The van der Waals surface area contributed by atoms with Gasteiger partial charge >= 0.3 is 0 Å². The molecule has 1 aromatic heterocycles. The van der Waals surface area contributed by atoms with Crippen molar-refractivity contribution in [1.82, 2.24) is 9.55 Å². The maximum absolute atomic E-state index is 12.7. The van der Waals surface area contributed by atoms with Crippen molar-refractivity contribution in [2.75, 3.05) is 5.73 Å². The number of hydrogen-bond acceptors (Lipinski definition) is 3. The average Bonchev–Trinajstić information content (AvgIpc) is 2.90. The zero-order chi connectivity index (χ0) is 15.7. The molecule has 0 aliphatic carbocycles. The molecule has 5 heteroatoms. The minimum atomic E-state index is -0.150. The van der Waals surface area contributed by atoms with Crippen molar-refractivity contribution in [3.63, 3.8) is 0 Å². The molecule has 0 saturated heterocycles. The second-order valence-electron chi connectivity index (χ2n) is 5.02. The highest BCUT2D eigenvalue weighted by Gasteiger charge is 2.19. The van der Waals surface area contributed by atoms with Crippen LogP contribution in [0.15, 0.2) is 59.3 Å². The SMILES string of the molecule is Cc1ccc(-n2cnc(N)c2C(=O)c2ccc(Br)cc2)cc1. The van der Waals surface area contributed by atoms with Crippen LogP contribution in [-0.4, -0.2) is 15.3 Å². The van der Waals surface area contributed by atoms with Gasteiger partial charge in [0.2, 0.25) is 5.78 Å². The minimum Gasteiger partial charge on any atom is -0.382 e. The van der Waals surface area contributed by atoms with E-state index in [4.69, 9.17) is 5.73 Å². The van der Waals surface area contributed by atoms with Gasteiger partial charge in [0.25, 0.3) is 0 Å². The Hall–Kier alpha value is -2.40. The maximum Gasteiger partial charge on any atom is 0.213 e. The summed E-state index contributed by atoms with van der Waals surface area (Å²) in [6, 6.07) is 15.0. The van der Waals surface area contributed by atoms with Gasteiger partial charge in [-0.1, -0.05) is 33.6 Å². The van der Waals surface area contributed by atoms with Gasteiger partial charge in [-0.25, -0.2) is 4.98 Å². The van der Waals surface area contributed by atoms with E-state index >= 15 is 0 Å². The van der Waals surface area contributed by atoms with Crippen molar-refractivity contribution in [3.8, 4) is 5.69 Å². The number of aromatic nitrogens is 2. The maximum atomic E-state index is 12.7. The summed E-state index contributed by atoms with van der Waals surface area (Å²) in [5.41, 5.74) is 8.88. The molecule has 0 aliphatic rings. The molecular weight excluding hydrogens is 342 g/mol. The lowest BCUT2D eigenvalue weighted by Gasteiger charge is -2.09. The van der Waals surface area contributed by atoms with E-state index in [1.807, 2.05) is 43.3 Å². The molecule has 1 heterocycles. The van der Waals surface area contributed by atoms with Gasteiger partial charge in [0.1, 0.15) is 12.0 Å². The molecule has 0 fully saturated rings. The molecule has 0 aliphatic heterocycles. The molecule has 2 aromatic carbocycles. The molecule has 4 nitrogen and oxygen atoms in total. The first kappa shape index (κ1) is 14.5. The normalized spacial score (nSPS) is 10.6. The highest BCUT2D eigenvalue weighted by Crippen LogP contribution is 2.21. The number of imidazole rings is 1. The number of nitrogens with zero attached hydrogens (tertiary/aromatic N) is 2. The third kappa shape index (κ3) is 2.67. The van der Waals surface area contributed by atoms with E-state index in [0.29, 0.717) is 11.3 Å². The Labute approximate surface area is 136 Å². The Morgan fingerprint density at radius 3 is 2.36 bits per heavy atom. The highest BCUT2D eigenvalue weighted by molar-refractivity contribution is 9.10. The van der Waals surface area contributed by atoms with Gasteiger partial charge < -0.3 is 5.73 Å². The van der Waals surface area contributed by atoms with Gasteiger partial charge in [-0.2, -0.15) is 0 Å². The van der Waals surface area contributed by atoms with Crippen LogP contribution in [0.5, 0.6) is 0 Å². The molecule has 0 bridgehead atoms. The van der Waals surface area contributed by atoms with Crippen LogP contribution in [0.4, 0.5) is 5.82 Å². The summed E-state index contributed by atoms with van der Waals surface area (Å²) in [6.45, 7) is 2.01. The zero-order valence-electron chi connectivity index (χ0n) is 12.0. The molecule has 110 valence electrons. The number of rotatable bonds is 3. The number of carbonyl (C=O) groups is 1. The largest absolute Gasteiger partial charge is 0.382 e. The predicted octanol–water partition coefficient (Wildman–Crippen LogP) is 3.76. The first-order valence-electron chi connectivity index (χ1n) is 6.76. The molecule has 0 radical (unpaired) electrons. The molecule has 0 atom stereocenters. The van der Waals surface area contributed by atoms with Crippen LogP contribution in [0.1, 0.15) is 21.6 Å². The predicted molar refractivity (Wildman–Crippen MR) is 90.3 cm³/mol. The summed E-state index contributed by atoms with van der Waals surface area (Å²) in [7, 11) is 0. The van der Waals surface area contributed by atoms with Crippen LogP contribution >= 0.6 is 15.9 Å². The van der Waals surface area contributed by atoms with Crippen LogP contribution in [0.2, 0.25) is 0 Å². The zero-order valence-corrected chi connectivity index (χ0v) is 13.5. The number of nitrogens with two attached hydrogens (primary N) is 1. The van der Waals surface area contributed by atoms with Gasteiger partial charge in [-0.15, -0.1) is 0 Å². The van der Waals surface area contributed by atoms with Crippen LogP contribution in [0.25, 0.3) is 5.69 Å². The lowest BCUT2D eigenvalue weighted by atomic mass is 10.1. The van der Waals surface area contributed by atoms with Crippen molar-refractivity contribution in [2.24, 2.45) is 0 Å². The number of ketones is 1. The molecule has 3 rings (SSSR count). The van der Waals surface area contributed by atoms with E-state index < -0.39 is 0 Å². The van der Waals surface area contributed by atoms with Gasteiger partial charge in [0.15, 0.2) is 5.82 Å². The quantitative estimate of drug-likeness (QED) is 0.727. The van der Waals surface area contributed by atoms with Crippen molar-refractivity contribution in [2.45, 2.75) is 6.92 Å². The second kappa shape index (κ2) is 5.77. The summed E-state index contributed by atoms with van der Waals surface area (Å²) in [5.74, 6) is 0.0802. The molecule has 2 N–H and O–H groups in total. The fraction of sp³-hybridized carbons (Fsp3) is 0.0588. The third-order valence-corrected chi connectivity index (χ3v) is 3.96. The standard InChI is InChI=1S/C17H14BrN3O/c1-11-2-8-14(9-3-11)21-10-20-17(19)15(21)16(22)12-4-6-13(18)7-5-12/h2-10H,19H2,1H3. The monoisotopic (exact) mass is 355 g/mol. The number of halogens is 1. The van der Waals surface area contributed by atoms with Crippen LogP contribution < -0.4 is 5.73 Å². The number of hydrogen-bond donors (Lipinski definition) is 1. The van der Waals surface area contributed by atoms with E-state index in [2.05, 4.69) is 20.9 Å². The molecular formula is C17H14BrN3O. The highest BCUT2D eigenvalue weighted by atomic mass is 79.9. The Balaban J connectivity index is 2.07. The molecule has 22 heavy (non-hydrogen) atoms. The second-order valence-corrected chi connectivity index (χ2v) is 5.94.